The first kappa shape index (κ1) is 25.2. The van der Waals surface area contributed by atoms with Crippen molar-refractivity contribution in [3.63, 3.8) is 0 Å². The Morgan fingerprint density at radius 1 is 0.677 bits per heavy atom. The van der Waals surface area contributed by atoms with Gasteiger partial charge in [-0.3, -0.25) is 4.55 Å². The third-order valence-electron chi connectivity index (χ3n) is 4.96. The van der Waals surface area contributed by atoms with Crippen LogP contribution in [0.25, 0.3) is 0 Å². The minimum atomic E-state index is -3.69. The zero-order valence-corrected chi connectivity index (χ0v) is 20.5. The van der Waals surface area contributed by atoms with Gasteiger partial charge in [0.15, 0.2) is 0 Å². The van der Waals surface area contributed by atoms with Crippen LogP contribution in [0.1, 0.15) is 40.5 Å². The highest BCUT2D eigenvalue weighted by molar-refractivity contribution is 8.34. The Balaban J connectivity index is 0.000000366. The van der Waals surface area contributed by atoms with E-state index in [1.54, 1.807) is 0 Å². The number of hydrogen-bond donors (Lipinski definition) is 1. The van der Waals surface area contributed by atoms with Gasteiger partial charge in [-0.25, -0.2) is 0 Å². The van der Waals surface area contributed by atoms with Crippen molar-refractivity contribution in [1.29, 1.82) is 0 Å². The molecule has 0 aliphatic carbocycles. The van der Waals surface area contributed by atoms with E-state index < -0.39 is 20.1 Å². The second-order valence-electron chi connectivity index (χ2n) is 8.30. The molecule has 0 aliphatic heterocycles. The van der Waals surface area contributed by atoms with E-state index in [4.69, 9.17) is 4.55 Å². The molecule has 3 nitrogen and oxygen atoms in total. The van der Waals surface area contributed by atoms with Gasteiger partial charge in [-0.15, -0.1) is 0 Å². The lowest BCUT2D eigenvalue weighted by Gasteiger charge is -2.51. The molecule has 0 spiro atoms. The number of rotatable bonds is 6. The molecule has 0 saturated carbocycles. The van der Waals surface area contributed by atoms with Crippen LogP contribution >= 0.6 is 10.0 Å². The Hall–Kier alpha value is -2.08. The molecule has 3 rings (SSSR count). The van der Waals surface area contributed by atoms with Crippen molar-refractivity contribution in [2.45, 2.75) is 60.0 Å². The van der Waals surface area contributed by atoms with Crippen LogP contribution in [-0.2, 0) is 10.1 Å². The second kappa shape index (κ2) is 11.0. The maximum absolute atomic E-state index is 9.95. The summed E-state index contributed by atoms with van der Waals surface area (Å²) in [7, 11) is -5.04. The van der Waals surface area contributed by atoms with Crippen LogP contribution in [0, 0.1) is 0 Å². The lowest BCUT2D eigenvalue weighted by Crippen LogP contribution is -2.26. The van der Waals surface area contributed by atoms with Gasteiger partial charge in [-0.05, 0) is 57.5 Å². The highest BCUT2D eigenvalue weighted by atomic mass is 32.3. The summed E-state index contributed by atoms with van der Waals surface area (Å²) in [4.78, 5) is 4.26. The Morgan fingerprint density at radius 2 is 1.00 bits per heavy atom. The zero-order valence-electron chi connectivity index (χ0n) is 18.9. The molecular formula is C26H34O3S2. The van der Waals surface area contributed by atoms with Crippen LogP contribution < -0.4 is 0 Å². The number of benzene rings is 3. The molecule has 0 heterocycles. The van der Waals surface area contributed by atoms with Crippen LogP contribution in [-0.4, -0.2) is 23.5 Å². The molecule has 0 unspecified atom stereocenters. The molecule has 0 atom stereocenters. The third-order valence-corrected chi connectivity index (χ3v) is 10.5. The van der Waals surface area contributed by atoms with Gasteiger partial charge in [0.25, 0.3) is 10.1 Å². The molecule has 1 N–H and O–H groups in total. The largest absolute Gasteiger partial charge is 0.286 e. The Bertz CT molecular complexity index is 914. The average Bonchev–Trinajstić information content (AvgIpc) is 2.74. The van der Waals surface area contributed by atoms with Crippen molar-refractivity contribution in [3.05, 3.63) is 91.0 Å². The van der Waals surface area contributed by atoms with Crippen molar-refractivity contribution in [2.24, 2.45) is 0 Å². The van der Waals surface area contributed by atoms with Crippen molar-refractivity contribution in [3.8, 4) is 0 Å². The second-order valence-corrected chi connectivity index (χ2v) is 13.7. The van der Waals surface area contributed by atoms with Gasteiger partial charge in [0.1, 0.15) is 0 Å². The summed E-state index contributed by atoms with van der Waals surface area (Å²) in [5.41, 5.74) is 0. The van der Waals surface area contributed by atoms with Crippen LogP contribution in [0.4, 0.5) is 0 Å². The van der Waals surface area contributed by atoms with Gasteiger partial charge in [0.2, 0.25) is 0 Å². The predicted octanol–water partition coefficient (Wildman–Crippen LogP) is 7.44. The summed E-state index contributed by atoms with van der Waals surface area (Å²) in [6.07, 6.45) is 1.33. The van der Waals surface area contributed by atoms with Gasteiger partial charge < -0.3 is 0 Å². The molecule has 0 saturated heterocycles. The standard InChI is InChI=1S/C22H24S.C4H10O3S/c1-22(2,3)23(19-13-7-4-8-14-19,20-15-9-5-10-16-20)21-17-11-6-12-18-21;1-2-3-4-8(5,6)7/h4-18H,1-3H3;2-4H2,1H3,(H,5,6,7). The summed E-state index contributed by atoms with van der Waals surface area (Å²) >= 11 is 0. The first-order valence-electron chi connectivity index (χ1n) is 10.6. The highest BCUT2D eigenvalue weighted by Crippen LogP contribution is 2.75. The summed E-state index contributed by atoms with van der Waals surface area (Å²) in [5, 5.41) is 0. The van der Waals surface area contributed by atoms with Crippen LogP contribution in [0.3, 0.4) is 0 Å². The van der Waals surface area contributed by atoms with Crippen molar-refractivity contribution in [1.82, 2.24) is 0 Å². The van der Waals surface area contributed by atoms with Crippen LogP contribution in [0.5, 0.6) is 0 Å². The smallest absolute Gasteiger partial charge is 0.264 e. The van der Waals surface area contributed by atoms with E-state index in [1.165, 1.54) is 14.7 Å². The third kappa shape index (κ3) is 6.45. The molecule has 0 amide bonds. The molecular weight excluding hydrogens is 424 g/mol. The van der Waals surface area contributed by atoms with Crippen molar-refractivity contribution < 1.29 is 13.0 Å². The van der Waals surface area contributed by atoms with Crippen molar-refractivity contribution >= 4 is 20.1 Å². The molecule has 0 fully saturated rings. The molecule has 0 radical (unpaired) electrons. The summed E-state index contributed by atoms with van der Waals surface area (Å²) in [6, 6.07) is 33.0. The Morgan fingerprint density at radius 3 is 1.19 bits per heavy atom. The molecule has 0 aliphatic rings. The molecule has 31 heavy (non-hydrogen) atoms. The number of unbranched alkanes of at least 4 members (excludes halogenated alkanes) is 1. The predicted molar refractivity (Wildman–Crippen MR) is 133 cm³/mol. The van der Waals surface area contributed by atoms with Gasteiger partial charge in [-0.1, -0.05) is 88.7 Å². The van der Waals surface area contributed by atoms with E-state index in [2.05, 4.69) is 112 Å². The first-order chi connectivity index (χ1) is 14.6. The minimum absolute atomic E-state index is 0.108. The first-order valence-corrected chi connectivity index (χ1v) is 13.8. The molecule has 3 aromatic rings. The average molecular weight is 459 g/mol. The van der Waals surface area contributed by atoms with Gasteiger partial charge in [-0.2, -0.15) is 18.4 Å². The van der Waals surface area contributed by atoms with Gasteiger partial charge in [0.05, 0.1) is 5.75 Å². The SMILES string of the molecule is CC(C)(C)S(c1ccccc1)(c1ccccc1)c1ccccc1.CCCCS(=O)(=O)O. The minimum Gasteiger partial charge on any atom is -0.286 e. The fraction of sp³-hybridized carbons (Fsp3) is 0.308. The fourth-order valence-corrected chi connectivity index (χ4v) is 8.96. The van der Waals surface area contributed by atoms with E-state index in [0.717, 1.165) is 6.42 Å². The quantitative estimate of drug-likeness (QED) is 0.390. The topological polar surface area (TPSA) is 54.4 Å². The molecule has 168 valence electrons. The van der Waals surface area contributed by atoms with Crippen molar-refractivity contribution in [2.75, 3.05) is 5.75 Å². The van der Waals surface area contributed by atoms with E-state index in [0.29, 0.717) is 6.42 Å². The van der Waals surface area contributed by atoms with Crippen LogP contribution in [0.15, 0.2) is 106 Å². The monoisotopic (exact) mass is 458 g/mol. The van der Waals surface area contributed by atoms with E-state index >= 15 is 0 Å². The normalized spacial score (nSPS) is 12.5. The lowest BCUT2D eigenvalue weighted by molar-refractivity contribution is 0.480. The maximum atomic E-state index is 9.95. The number of hydrogen-bond acceptors (Lipinski definition) is 2. The molecule has 0 aromatic heterocycles. The lowest BCUT2D eigenvalue weighted by atomic mass is 10.2. The Labute approximate surface area is 189 Å². The Kier molecular flexibility index (Phi) is 8.92. The highest BCUT2D eigenvalue weighted by Gasteiger charge is 2.41. The van der Waals surface area contributed by atoms with Gasteiger partial charge in [0, 0.05) is 4.75 Å². The molecule has 3 aromatic carbocycles. The van der Waals surface area contributed by atoms with E-state index in [-0.39, 0.29) is 10.5 Å². The molecule has 0 bridgehead atoms. The van der Waals surface area contributed by atoms with E-state index in [1.807, 2.05) is 6.92 Å². The zero-order chi connectivity index (χ0) is 23.0. The summed E-state index contributed by atoms with van der Waals surface area (Å²) in [5.74, 6) is -0.108. The summed E-state index contributed by atoms with van der Waals surface area (Å²) < 4.78 is 28.1. The van der Waals surface area contributed by atoms with Crippen LogP contribution in [0.2, 0.25) is 0 Å². The van der Waals surface area contributed by atoms with Gasteiger partial charge >= 0.3 is 0 Å². The summed E-state index contributed by atoms with van der Waals surface area (Å²) in [6.45, 7) is 8.98. The molecule has 5 heteroatoms. The maximum Gasteiger partial charge on any atom is 0.264 e. The fourth-order valence-electron chi connectivity index (χ4n) is 3.67. The van der Waals surface area contributed by atoms with E-state index in [9.17, 15) is 8.42 Å².